The Morgan fingerprint density at radius 2 is 2.00 bits per heavy atom. The average molecular weight is 375 g/mol. The first kappa shape index (κ1) is 17.1. The van der Waals surface area contributed by atoms with Crippen molar-refractivity contribution in [2.75, 3.05) is 5.32 Å². The first-order valence-corrected chi connectivity index (χ1v) is 9.24. The van der Waals surface area contributed by atoms with Crippen LogP contribution in [0.25, 0.3) is 32.5 Å². The number of pyridine rings is 1. The zero-order chi connectivity index (χ0) is 18.8. The molecule has 2 N–H and O–H groups in total. The highest BCUT2D eigenvalue weighted by Gasteiger charge is 2.19. The maximum atomic E-state index is 11.3. The highest BCUT2D eigenvalue weighted by molar-refractivity contribution is 7.18. The summed E-state index contributed by atoms with van der Waals surface area (Å²) >= 11 is 1.56. The van der Waals surface area contributed by atoms with Gasteiger partial charge in [-0.15, -0.1) is 11.3 Å². The van der Waals surface area contributed by atoms with Crippen LogP contribution in [0.2, 0.25) is 0 Å². The molecule has 3 aromatic heterocycles. The number of carbonyl (C=O) groups is 1. The summed E-state index contributed by atoms with van der Waals surface area (Å²) < 4.78 is 0. The number of aromatic amines is 1. The van der Waals surface area contributed by atoms with E-state index in [1.54, 1.807) is 29.9 Å². The Bertz CT molecular complexity index is 1100. The number of amides is 1. The van der Waals surface area contributed by atoms with Gasteiger partial charge in [-0.3, -0.25) is 4.79 Å². The molecule has 0 saturated carbocycles. The lowest BCUT2D eigenvalue weighted by Crippen LogP contribution is -2.07. The lowest BCUT2D eigenvalue weighted by Gasteiger charge is -2.04. The summed E-state index contributed by atoms with van der Waals surface area (Å²) in [5, 5.41) is 3.55. The van der Waals surface area contributed by atoms with Gasteiger partial charge >= 0.3 is 0 Å². The third kappa shape index (κ3) is 3.50. The average Bonchev–Trinajstić information content (AvgIpc) is 3.31. The van der Waals surface area contributed by atoms with Crippen molar-refractivity contribution in [1.82, 2.24) is 19.9 Å². The number of nitrogens with one attached hydrogen (secondary N) is 2. The van der Waals surface area contributed by atoms with E-state index in [0.29, 0.717) is 5.82 Å². The van der Waals surface area contributed by atoms with E-state index in [1.807, 2.05) is 24.3 Å². The van der Waals surface area contributed by atoms with Crippen LogP contribution in [0, 0.1) is 6.92 Å². The van der Waals surface area contributed by atoms with Gasteiger partial charge in [0.1, 0.15) is 16.6 Å². The van der Waals surface area contributed by atoms with Gasteiger partial charge in [-0.2, -0.15) is 0 Å². The van der Waals surface area contributed by atoms with Gasteiger partial charge in [0.25, 0.3) is 0 Å². The number of imidazole rings is 1. The Morgan fingerprint density at radius 3 is 2.74 bits per heavy atom. The highest BCUT2D eigenvalue weighted by atomic mass is 32.1. The SMILES string of the molecule is CC(=O)Nc1cc(-c2nc(-c3ccccc3C)c(-c3ncc[nH]3)s2)ccn1. The molecule has 0 saturated heterocycles. The van der Waals surface area contributed by atoms with Crippen LogP contribution in [0.4, 0.5) is 5.82 Å². The number of thiazole rings is 1. The molecule has 0 spiro atoms. The summed E-state index contributed by atoms with van der Waals surface area (Å²) in [5.41, 5.74) is 4.01. The predicted octanol–water partition coefficient (Wildman–Crippen LogP) is 4.53. The van der Waals surface area contributed by atoms with Crippen LogP contribution in [-0.2, 0) is 4.79 Å². The highest BCUT2D eigenvalue weighted by Crippen LogP contribution is 2.40. The number of hydrogen-bond donors (Lipinski definition) is 2. The molecule has 7 heteroatoms. The van der Waals surface area contributed by atoms with Crippen LogP contribution in [0.1, 0.15) is 12.5 Å². The molecule has 0 radical (unpaired) electrons. The Hall–Kier alpha value is -3.32. The van der Waals surface area contributed by atoms with Crippen molar-refractivity contribution in [2.24, 2.45) is 0 Å². The van der Waals surface area contributed by atoms with E-state index < -0.39 is 0 Å². The van der Waals surface area contributed by atoms with Crippen molar-refractivity contribution in [1.29, 1.82) is 0 Å². The van der Waals surface area contributed by atoms with Gasteiger partial charge in [0.05, 0.1) is 10.6 Å². The number of H-pyrrole nitrogens is 1. The molecule has 6 nitrogen and oxygen atoms in total. The second kappa shape index (κ2) is 7.13. The minimum Gasteiger partial charge on any atom is -0.344 e. The zero-order valence-corrected chi connectivity index (χ0v) is 15.7. The smallest absolute Gasteiger partial charge is 0.222 e. The van der Waals surface area contributed by atoms with E-state index in [2.05, 4.69) is 39.3 Å². The maximum absolute atomic E-state index is 11.3. The fraction of sp³-hybridized carbons (Fsp3) is 0.100. The lowest BCUT2D eigenvalue weighted by molar-refractivity contribution is -0.114. The summed E-state index contributed by atoms with van der Waals surface area (Å²) in [6.45, 7) is 3.53. The van der Waals surface area contributed by atoms with Gasteiger partial charge in [0.2, 0.25) is 5.91 Å². The van der Waals surface area contributed by atoms with E-state index in [0.717, 1.165) is 38.1 Å². The molecule has 4 rings (SSSR count). The van der Waals surface area contributed by atoms with Crippen LogP contribution in [0.15, 0.2) is 55.0 Å². The predicted molar refractivity (Wildman–Crippen MR) is 107 cm³/mol. The van der Waals surface area contributed by atoms with Crippen molar-refractivity contribution >= 4 is 23.1 Å². The van der Waals surface area contributed by atoms with Crippen molar-refractivity contribution < 1.29 is 4.79 Å². The van der Waals surface area contributed by atoms with Crippen LogP contribution in [-0.4, -0.2) is 25.8 Å². The normalized spacial score (nSPS) is 10.7. The summed E-state index contributed by atoms with van der Waals surface area (Å²) in [7, 11) is 0. The molecule has 0 aliphatic heterocycles. The fourth-order valence-corrected chi connectivity index (χ4v) is 3.86. The van der Waals surface area contributed by atoms with Crippen LogP contribution < -0.4 is 5.32 Å². The molecule has 0 fully saturated rings. The number of hydrogen-bond acceptors (Lipinski definition) is 5. The summed E-state index contributed by atoms with van der Waals surface area (Å²) in [6, 6.07) is 11.9. The Balaban J connectivity index is 1.85. The molecule has 1 aromatic carbocycles. The van der Waals surface area contributed by atoms with Gasteiger partial charge in [-0.25, -0.2) is 15.0 Å². The second-order valence-corrected chi connectivity index (χ2v) is 7.06. The monoisotopic (exact) mass is 375 g/mol. The molecule has 134 valence electrons. The minimum atomic E-state index is -0.157. The van der Waals surface area contributed by atoms with E-state index in [4.69, 9.17) is 4.98 Å². The number of aromatic nitrogens is 4. The quantitative estimate of drug-likeness (QED) is 0.549. The molecular weight excluding hydrogens is 358 g/mol. The number of anilines is 1. The molecule has 1 amide bonds. The third-order valence-electron chi connectivity index (χ3n) is 4.05. The summed E-state index contributed by atoms with van der Waals surface area (Å²) in [6.07, 6.45) is 5.21. The van der Waals surface area contributed by atoms with Crippen LogP contribution in [0.3, 0.4) is 0 Å². The van der Waals surface area contributed by atoms with Crippen molar-refractivity contribution in [3.63, 3.8) is 0 Å². The molecule has 0 aliphatic carbocycles. The Morgan fingerprint density at radius 1 is 1.15 bits per heavy atom. The molecule has 4 aromatic rings. The van der Waals surface area contributed by atoms with E-state index >= 15 is 0 Å². The van der Waals surface area contributed by atoms with Crippen LogP contribution >= 0.6 is 11.3 Å². The van der Waals surface area contributed by atoms with Crippen LogP contribution in [0.5, 0.6) is 0 Å². The number of carbonyl (C=O) groups excluding carboxylic acids is 1. The third-order valence-corrected chi connectivity index (χ3v) is 5.16. The first-order valence-electron chi connectivity index (χ1n) is 8.42. The largest absolute Gasteiger partial charge is 0.344 e. The number of rotatable bonds is 4. The topological polar surface area (TPSA) is 83.6 Å². The van der Waals surface area contributed by atoms with Gasteiger partial charge in [0, 0.05) is 36.6 Å². The number of benzene rings is 1. The molecule has 0 atom stereocenters. The van der Waals surface area contributed by atoms with Crippen molar-refractivity contribution in [2.45, 2.75) is 13.8 Å². The lowest BCUT2D eigenvalue weighted by atomic mass is 10.0. The van der Waals surface area contributed by atoms with E-state index in [-0.39, 0.29) is 5.91 Å². The van der Waals surface area contributed by atoms with E-state index in [1.165, 1.54) is 6.92 Å². The molecule has 3 heterocycles. The molecule has 27 heavy (non-hydrogen) atoms. The number of nitrogens with zero attached hydrogens (tertiary/aromatic N) is 3. The zero-order valence-electron chi connectivity index (χ0n) is 14.9. The minimum absolute atomic E-state index is 0.157. The first-order chi connectivity index (χ1) is 13.1. The van der Waals surface area contributed by atoms with Crippen molar-refractivity contribution in [3.05, 3.63) is 60.6 Å². The Kier molecular flexibility index (Phi) is 4.52. The Labute approximate surface area is 160 Å². The molecular formula is C20H17N5OS. The van der Waals surface area contributed by atoms with Gasteiger partial charge in [0.15, 0.2) is 0 Å². The summed E-state index contributed by atoms with van der Waals surface area (Å²) in [4.78, 5) is 29.0. The second-order valence-electron chi connectivity index (χ2n) is 6.06. The van der Waals surface area contributed by atoms with Gasteiger partial charge in [-0.05, 0) is 24.6 Å². The molecule has 0 bridgehead atoms. The van der Waals surface area contributed by atoms with Gasteiger partial charge < -0.3 is 10.3 Å². The maximum Gasteiger partial charge on any atom is 0.222 e. The standard InChI is InChI=1S/C20H17N5OS/c1-12-5-3-4-6-15(12)17-18(19-22-9-10-23-19)27-20(25-17)14-7-8-21-16(11-14)24-13(2)26/h3-11H,1-2H3,(H,22,23)(H,21,24,26). The van der Waals surface area contributed by atoms with E-state index in [9.17, 15) is 4.79 Å². The van der Waals surface area contributed by atoms with Crippen molar-refractivity contribution in [3.8, 4) is 32.5 Å². The summed E-state index contributed by atoms with van der Waals surface area (Å²) in [5.74, 6) is 1.14. The van der Waals surface area contributed by atoms with Gasteiger partial charge in [-0.1, -0.05) is 24.3 Å². The number of aryl methyl sites for hydroxylation is 1. The fourth-order valence-electron chi connectivity index (χ4n) is 2.83. The molecule has 0 unspecified atom stereocenters. The molecule has 0 aliphatic rings.